The molecule has 1 aromatic rings. The molecular weight excluding hydrogens is 271 g/mol. The third-order valence-electron chi connectivity index (χ3n) is 3.49. The molecule has 3 nitrogen and oxygen atoms in total. The van der Waals surface area contributed by atoms with E-state index in [0.29, 0.717) is 16.0 Å². The maximum atomic E-state index is 6.02. The van der Waals surface area contributed by atoms with Crippen LogP contribution in [0.25, 0.3) is 0 Å². The first-order valence-electron chi connectivity index (χ1n) is 6.18. The summed E-state index contributed by atoms with van der Waals surface area (Å²) in [7, 11) is 0. The van der Waals surface area contributed by atoms with Crippen molar-refractivity contribution in [1.82, 2.24) is 5.43 Å². The van der Waals surface area contributed by atoms with Gasteiger partial charge in [0.1, 0.15) is 0 Å². The summed E-state index contributed by atoms with van der Waals surface area (Å²) < 4.78 is 5.37. The fourth-order valence-corrected chi connectivity index (χ4v) is 2.72. The number of benzene rings is 1. The number of ether oxygens (including phenoxy) is 1. The lowest BCUT2D eigenvalue weighted by molar-refractivity contribution is 0.0538. The molecule has 0 spiro atoms. The van der Waals surface area contributed by atoms with Crippen molar-refractivity contribution in [2.75, 3.05) is 13.2 Å². The summed E-state index contributed by atoms with van der Waals surface area (Å²) in [4.78, 5) is 0. The number of hydrogen-bond donors (Lipinski definition) is 2. The quantitative estimate of drug-likeness (QED) is 0.662. The molecule has 1 aliphatic rings. The fraction of sp³-hybridized carbons (Fsp3) is 0.538. The zero-order valence-corrected chi connectivity index (χ0v) is 11.7. The van der Waals surface area contributed by atoms with Gasteiger partial charge in [-0.25, -0.2) is 0 Å². The van der Waals surface area contributed by atoms with E-state index in [9.17, 15) is 0 Å². The Morgan fingerprint density at radius 1 is 1.28 bits per heavy atom. The normalized spacial score (nSPS) is 18.8. The van der Waals surface area contributed by atoms with Crippen LogP contribution in [0, 0.1) is 5.92 Å². The van der Waals surface area contributed by atoms with Crippen LogP contribution >= 0.6 is 23.2 Å². The van der Waals surface area contributed by atoms with Crippen molar-refractivity contribution in [1.29, 1.82) is 0 Å². The average molecular weight is 289 g/mol. The lowest BCUT2D eigenvalue weighted by Crippen LogP contribution is -2.44. The molecule has 1 atom stereocenters. The highest BCUT2D eigenvalue weighted by molar-refractivity contribution is 6.42. The van der Waals surface area contributed by atoms with Crippen molar-refractivity contribution in [3.63, 3.8) is 0 Å². The van der Waals surface area contributed by atoms with Crippen LogP contribution in [-0.4, -0.2) is 19.3 Å². The molecule has 0 aliphatic carbocycles. The lowest BCUT2D eigenvalue weighted by Gasteiger charge is -2.30. The van der Waals surface area contributed by atoms with Crippen molar-refractivity contribution < 1.29 is 4.74 Å². The van der Waals surface area contributed by atoms with Gasteiger partial charge in [-0.15, -0.1) is 0 Å². The molecule has 0 saturated carbocycles. The predicted molar refractivity (Wildman–Crippen MR) is 74.8 cm³/mol. The Hall–Kier alpha value is -0.320. The van der Waals surface area contributed by atoms with E-state index in [0.717, 1.165) is 38.0 Å². The molecule has 0 amide bonds. The molecule has 18 heavy (non-hydrogen) atoms. The van der Waals surface area contributed by atoms with Gasteiger partial charge in [0, 0.05) is 19.3 Å². The smallest absolute Gasteiger partial charge is 0.0595 e. The number of nitrogens with one attached hydrogen (secondary N) is 1. The predicted octanol–water partition coefficient (Wildman–Crippen LogP) is 2.79. The van der Waals surface area contributed by atoms with E-state index < -0.39 is 0 Å². The summed E-state index contributed by atoms with van der Waals surface area (Å²) in [6.07, 6.45) is 2.96. The van der Waals surface area contributed by atoms with Gasteiger partial charge in [0.25, 0.3) is 0 Å². The largest absolute Gasteiger partial charge is 0.381 e. The lowest BCUT2D eigenvalue weighted by atomic mass is 9.88. The van der Waals surface area contributed by atoms with Crippen molar-refractivity contribution >= 4 is 23.2 Å². The highest BCUT2D eigenvalue weighted by Gasteiger charge is 2.23. The molecule has 1 aromatic carbocycles. The third-order valence-corrected chi connectivity index (χ3v) is 4.23. The molecule has 0 bridgehead atoms. The van der Waals surface area contributed by atoms with Crippen molar-refractivity contribution in [2.45, 2.75) is 25.3 Å². The van der Waals surface area contributed by atoms with Crippen LogP contribution in [0.4, 0.5) is 0 Å². The first kappa shape index (κ1) is 14.1. The van der Waals surface area contributed by atoms with E-state index in [2.05, 4.69) is 5.43 Å². The molecule has 1 saturated heterocycles. The minimum Gasteiger partial charge on any atom is -0.381 e. The molecule has 1 heterocycles. The fourth-order valence-electron chi connectivity index (χ4n) is 2.40. The molecule has 1 fully saturated rings. The Balaban J connectivity index is 2.02. The van der Waals surface area contributed by atoms with Crippen LogP contribution in [-0.2, 0) is 11.2 Å². The molecular formula is C13H18Cl2N2O. The summed E-state index contributed by atoms with van der Waals surface area (Å²) in [5, 5.41) is 1.18. The van der Waals surface area contributed by atoms with Gasteiger partial charge in [-0.1, -0.05) is 29.3 Å². The molecule has 2 rings (SSSR count). The van der Waals surface area contributed by atoms with Crippen molar-refractivity contribution in [3.8, 4) is 0 Å². The van der Waals surface area contributed by atoms with E-state index in [-0.39, 0.29) is 6.04 Å². The van der Waals surface area contributed by atoms with Crippen LogP contribution in [0.5, 0.6) is 0 Å². The number of hydrazine groups is 1. The molecule has 0 radical (unpaired) electrons. The van der Waals surface area contributed by atoms with E-state index in [4.69, 9.17) is 33.8 Å². The first-order valence-corrected chi connectivity index (χ1v) is 6.94. The van der Waals surface area contributed by atoms with Gasteiger partial charge < -0.3 is 4.74 Å². The summed E-state index contributed by atoms with van der Waals surface area (Å²) in [6.45, 7) is 1.65. The molecule has 1 unspecified atom stereocenters. The summed E-state index contributed by atoms with van der Waals surface area (Å²) >= 11 is 11.9. The van der Waals surface area contributed by atoms with Crippen LogP contribution in [0.15, 0.2) is 18.2 Å². The zero-order chi connectivity index (χ0) is 13.0. The van der Waals surface area contributed by atoms with Crippen molar-refractivity contribution in [2.24, 2.45) is 11.8 Å². The molecule has 1 aliphatic heterocycles. The monoisotopic (exact) mass is 288 g/mol. The van der Waals surface area contributed by atoms with Crippen LogP contribution in [0.2, 0.25) is 10.0 Å². The first-order chi connectivity index (χ1) is 8.70. The minimum atomic E-state index is 0.256. The Labute approximate surface area is 118 Å². The van der Waals surface area contributed by atoms with Gasteiger partial charge in [0.2, 0.25) is 0 Å². The second kappa shape index (κ2) is 6.73. The minimum absolute atomic E-state index is 0.256. The van der Waals surface area contributed by atoms with E-state index in [1.54, 1.807) is 0 Å². The highest BCUT2D eigenvalue weighted by Crippen LogP contribution is 2.25. The highest BCUT2D eigenvalue weighted by atomic mass is 35.5. The van der Waals surface area contributed by atoms with Gasteiger partial charge in [0.05, 0.1) is 10.0 Å². The number of rotatable bonds is 4. The van der Waals surface area contributed by atoms with Gasteiger partial charge in [-0.3, -0.25) is 11.3 Å². The second-order valence-electron chi connectivity index (χ2n) is 4.68. The maximum Gasteiger partial charge on any atom is 0.0595 e. The molecule has 0 aromatic heterocycles. The van der Waals surface area contributed by atoms with Gasteiger partial charge in [-0.2, -0.15) is 0 Å². The van der Waals surface area contributed by atoms with Crippen LogP contribution < -0.4 is 11.3 Å². The van der Waals surface area contributed by atoms with E-state index >= 15 is 0 Å². The topological polar surface area (TPSA) is 47.3 Å². The number of nitrogens with two attached hydrogens (primary N) is 1. The Morgan fingerprint density at radius 2 is 2.00 bits per heavy atom. The van der Waals surface area contributed by atoms with E-state index in [1.165, 1.54) is 0 Å². The standard InChI is InChI=1S/C13H18Cl2N2O/c14-11-2-1-9(7-12(11)15)8-13(17-16)10-3-5-18-6-4-10/h1-2,7,10,13,17H,3-6,8,16H2. The maximum absolute atomic E-state index is 6.02. The van der Waals surface area contributed by atoms with Gasteiger partial charge in [0.15, 0.2) is 0 Å². The second-order valence-corrected chi connectivity index (χ2v) is 5.49. The van der Waals surface area contributed by atoms with Gasteiger partial charge >= 0.3 is 0 Å². The number of halogens is 2. The molecule has 3 N–H and O–H groups in total. The SMILES string of the molecule is NNC(Cc1ccc(Cl)c(Cl)c1)C1CCOCC1. The summed E-state index contributed by atoms with van der Waals surface area (Å²) in [6, 6.07) is 5.99. The van der Waals surface area contributed by atoms with Crippen LogP contribution in [0.3, 0.4) is 0 Å². The number of hydrogen-bond acceptors (Lipinski definition) is 3. The van der Waals surface area contributed by atoms with Crippen molar-refractivity contribution in [3.05, 3.63) is 33.8 Å². The summed E-state index contributed by atoms with van der Waals surface area (Å²) in [5.41, 5.74) is 4.07. The molecule has 5 heteroatoms. The van der Waals surface area contributed by atoms with Gasteiger partial charge in [-0.05, 0) is 42.9 Å². The van der Waals surface area contributed by atoms with Crippen LogP contribution in [0.1, 0.15) is 18.4 Å². The Morgan fingerprint density at radius 3 is 2.61 bits per heavy atom. The Bertz CT molecular complexity index is 395. The average Bonchev–Trinajstić information content (AvgIpc) is 2.41. The van der Waals surface area contributed by atoms with E-state index in [1.807, 2.05) is 18.2 Å². The summed E-state index contributed by atoms with van der Waals surface area (Å²) in [5.74, 6) is 6.22. The zero-order valence-electron chi connectivity index (χ0n) is 10.2. The Kier molecular flexibility index (Phi) is 5.27. The molecule has 100 valence electrons. The third kappa shape index (κ3) is 3.59.